The molecule has 2 aromatic carbocycles. The molecule has 5 heteroatoms. The first-order valence-electron chi connectivity index (χ1n) is 6.45. The van der Waals surface area contributed by atoms with Gasteiger partial charge in [-0.15, -0.1) is 0 Å². The molecule has 0 saturated heterocycles. The number of carbonyl (C=O) groups excluding carboxylic acids is 1. The third kappa shape index (κ3) is 4.38. The Labute approximate surface area is 133 Å². The number of nitrogens with one attached hydrogen (secondary N) is 1. The van der Waals surface area contributed by atoms with Crippen molar-refractivity contribution in [3.05, 3.63) is 58.1 Å². The van der Waals surface area contributed by atoms with Gasteiger partial charge in [-0.05, 0) is 49.7 Å². The zero-order valence-corrected chi connectivity index (χ0v) is 13.2. The highest BCUT2D eigenvalue weighted by molar-refractivity contribution is 6.31. The highest BCUT2D eigenvalue weighted by atomic mass is 35.5. The fourth-order valence-electron chi connectivity index (χ4n) is 1.76. The summed E-state index contributed by atoms with van der Waals surface area (Å²) in [5.41, 5.74) is 1.61. The number of amides is 1. The lowest BCUT2D eigenvalue weighted by molar-refractivity contribution is -0.122. The van der Waals surface area contributed by atoms with Crippen LogP contribution in [0.15, 0.2) is 42.5 Å². The summed E-state index contributed by atoms with van der Waals surface area (Å²) in [6.07, 6.45) is -0.651. The van der Waals surface area contributed by atoms with E-state index in [4.69, 9.17) is 27.9 Å². The van der Waals surface area contributed by atoms with Gasteiger partial charge in [-0.25, -0.2) is 0 Å². The monoisotopic (exact) mass is 323 g/mol. The molecule has 110 valence electrons. The number of hydrogen-bond acceptors (Lipinski definition) is 2. The minimum absolute atomic E-state index is 0.250. The molecular weight excluding hydrogens is 309 g/mol. The number of carbonyl (C=O) groups is 1. The molecule has 21 heavy (non-hydrogen) atoms. The number of ether oxygens (including phenoxy) is 1. The lowest BCUT2D eigenvalue weighted by atomic mass is 10.2. The Morgan fingerprint density at radius 3 is 2.57 bits per heavy atom. The Morgan fingerprint density at radius 1 is 1.14 bits per heavy atom. The van der Waals surface area contributed by atoms with E-state index in [1.54, 1.807) is 43.3 Å². The standard InChI is InChI=1S/C16H15Cl2NO2/c1-10-6-7-13(18)9-15(10)19-16(20)11(2)21-14-5-3-4-12(17)8-14/h3-9,11H,1-2H3,(H,19,20)/t11-/m1/s1. The van der Waals surface area contributed by atoms with E-state index in [0.29, 0.717) is 21.5 Å². The Balaban J connectivity index is 2.04. The van der Waals surface area contributed by atoms with Gasteiger partial charge in [0.15, 0.2) is 6.10 Å². The Kier molecular flexibility index (Phi) is 5.10. The summed E-state index contributed by atoms with van der Waals surface area (Å²) in [5.74, 6) is 0.299. The van der Waals surface area contributed by atoms with Crippen LogP contribution in [0.2, 0.25) is 10.0 Å². The molecule has 0 aliphatic carbocycles. The summed E-state index contributed by atoms with van der Waals surface area (Å²) in [5, 5.41) is 3.93. The predicted octanol–water partition coefficient (Wildman–Crippen LogP) is 4.71. The first-order valence-corrected chi connectivity index (χ1v) is 7.20. The fourth-order valence-corrected chi connectivity index (χ4v) is 2.11. The Bertz CT molecular complexity index is 658. The van der Waals surface area contributed by atoms with Crippen LogP contribution < -0.4 is 10.1 Å². The minimum atomic E-state index is -0.651. The van der Waals surface area contributed by atoms with Crippen LogP contribution >= 0.6 is 23.2 Å². The SMILES string of the molecule is Cc1ccc(Cl)cc1NC(=O)[C@@H](C)Oc1cccc(Cl)c1. The number of rotatable bonds is 4. The fraction of sp³-hybridized carbons (Fsp3) is 0.188. The van der Waals surface area contributed by atoms with Crippen LogP contribution in [0.1, 0.15) is 12.5 Å². The van der Waals surface area contributed by atoms with Gasteiger partial charge in [-0.1, -0.05) is 35.3 Å². The molecule has 0 unspecified atom stereocenters. The molecule has 1 atom stereocenters. The number of halogens is 2. The van der Waals surface area contributed by atoms with Gasteiger partial charge in [-0.2, -0.15) is 0 Å². The molecule has 0 aliphatic heterocycles. The lowest BCUT2D eigenvalue weighted by Gasteiger charge is -2.16. The van der Waals surface area contributed by atoms with Gasteiger partial charge < -0.3 is 10.1 Å². The number of hydrogen-bond donors (Lipinski definition) is 1. The van der Waals surface area contributed by atoms with Crippen molar-refractivity contribution in [1.29, 1.82) is 0 Å². The van der Waals surface area contributed by atoms with Crippen molar-refractivity contribution in [3.63, 3.8) is 0 Å². The average Bonchev–Trinajstić information content (AvgIpc) is 2.43. The normalized spacial score (nSPS) is 11.8. The van der Waals surface area contributed by atoms with E-state index in [9.17, 15) is 4.79 Å². The maximum Gasteiger partial charge on any atom is 0.265 e. The van der Waals surface area contributed by atoms with Gasteiger partial charge in [0.1, 0.15) is 5.75 Å². The molecule has 0 heterocycles. The zero-order chi connectivity index (χ0) is 15.4. The molecule has 0 spiro atoms. The molecule has 0 radical (unpaired) electrons. The van der Waals surface area contributed by atoms with Crippen LogP contribution in [0.3, 0.4) is 0 Å². The maximum atomic E-state index is 12.2. The van der Waals surface area contributed by atoms with Crippen LogP contribution in [0.5, 0.6) is 5.75 Å². The molecule has 0 fully saturated rings. The van der Waals surface area contributed by atoms with Crippen LogP contribution in [0, 0.1) is 6.92 Å². The zero-order valence-electron chi connectivity index (χ0n) is 11.7. The topological polar surface area (TPSA) is 38.3 Å². The largest absolute Gasteiger partial charge is 0.481 e. The smallest absolute Gasteiger partial charge is 0.265 e. The molecule has 0 bridgehead atoms. The third-order valence-electron chi connectivity index (χ3n) is 2.94. The minimum Gasteiger partial charge on any atom is -0.481 e. The van der Waals surface area contributed by atoms with E-state index in [2.05, 4.69) is 5.32 Å². The summed E-state index contributed by atoms with van der Waals surface area (Å²) in [7, 11) is 0. The highest BCUT2D eigenvalue weighted by Crippen LogP contribution is 2.22. The summed E-state index contributed by atoms with van der Waals surface area (Å²) in [6, 6.07) is 12.3. The second-order valence-electron chi connectivity index (χ2n) is 4.67. The molecule has 0 saturated carbocycles. The molecule has 0 aromatic heterocycles. The Morgan fingerprint density at radius 2 is 1.86 bits per heavy atom. The number of benzene rings is 2. The summed E-state index contributed by atoms with van der Waals surface area (Å²) in [4.78, 5) is 12.2. The second kappa shape index (κ2) is 6.83. The first kappa shape index (κ1) is 15.7. The van der Waals surface area contributed by atoms with Crippen molar-refractivity contribution < 1.29 is 9.53 Å². The Hall–Kier alpha value is -1.71. The maximum absolute atomic E-state index is 12.2. The first-order chi connectivity index (χ1) is 9.95. The highest BCUT2D eigenvalue weighted by Gasteiger charge is 2.16. The number of anilines is 1. The molecule has 2 rings (SSSR count). The molecule has 3 nitrogen and oxygen atoms in total. The summed E-state index contributed by atoms with van der Waals surface area (Å²) >= 11 is 11.8. The summed E-state index contributed by atoms with van der Waals surface area (Å²) < 4.78 is 5.57. The van der Waals surface area contributed by atoms with Crippen LogP contribution in [0.4, 0.5) is 5.69 Å². The van der Waals surface area contributed by atoms with Crippen LogP contribution in [0.25, 0.3) is 0 Å². The third-order valence-corrected chi connectivity index (χ3v) is 3.41. The van der Waals surface area contributed by atoms with E-state index in [1.165, 1.54) is 0 Å². The quantitative estimate of drug-likeness (QED) is 0.885. The van der Waals surface area contributed by atoms with Crippen molar-refractivity contribution in [1.82, 2.24) is 0 Å². The lowest BCUT2D eigenvalue weighted by Crippen LogP contribution is -2.30. The predicted molar refractivity (Wildman–Crippen MR) is 86.4 cm³/mol. The molecule has 1 N–H and O–H groups in total. The van der Waals surface area contributed by atoms with Crippen molar-refractivity contribution in [2.24, 2.45) is 0 Å². The van der Waals surface area contributed by atoms with Gasteiger partial charge in [0, 0.05) is 15.7 Å². The van der Waals surface area contributed by atoms with Crippen LogP contribution in [-0.2, 0) is 4.79 Å². The van der Waals surface area contributed by atoms with Gasteiger partial charge in [0.2, 0.25) is 0 Å². The average molecular weight is 324 g/mol. The summed E-state index contributed by atoms with van der Waals surface area (Å²) in [6.45, 7) is 3.57. The molecular formula is C16H15Cl2NO2. The van der Waals surface area contributed by atoms with E-state index in [0.717, 1.165) is 5.56 Å². The van der Waals surface area contributed by atoms with E-state index < -0.39 is 6.10 Å². The second-order valence-corrected chi connectivity index (χ2v) is 5.54. The van der Waals surface area contributed by atoms with E-state index >= 15 is 0 Å². The van der Waals surface area contributed by atoms with E-state index in [1.807, 2.05) is 13.0 Å². The van der Waals surface area contributed by atoms with Crippen molar-refractivity contribution in [2.45, 2.75) is 20.0 Å². The van der Waals surface area contributed by atoms with Gasteiger partial charge >= 0.3 is 0 Å². The molecule has 1 amide bonds. The van der Waals surface area contributed by atoms with Crippen molar-refractivity contribution >= 4 is 34.8 Å². The van der Waals surface area contributed by atoms with Gasteiger partial charge in [-0.3, -0.25) is 4.79 Å². The molecule has 2 aromatic rings. The number of aryl methyl sites for hydroxylation is 1. The van der Waals surface area contributed by atoms with Gasteiger partial charge in [0.05, 0.1) is 0 Å². The van der Waals surface area contributed by atoms with E-state index in [-0.39, 0.29) is 5.91 Å². The van der Waals surface area contributed by atoms with Gasteiger partial charge in [0.25, 0.3) is 5.91 Å². The molecule has 0 aliphatic rings. The van der Waals surface area contributed by atoms with Crippen molar-refractivity contribution in [2.75, 3.05) is 5.32 Å². The van der Waals surface area contributed by atoms with Crippen molar-refractivity contribution in [3.8, 4) is 5.75 Å². The van der Waals surface area contributed by atoms with Crippen LogP contribution in [-0.4, -0.2) is 12.0 Å².